The molecule has 0 saturated heterocycles. The van der Waals surface area contributed by atoms with Gasteiger partial charge in [0.2, 0.25) is 0 Å². The molecule has 12 heavy (non-hydrogen) atoms. The average molecular weight is 162 g/mol. The minimum Gasteiger partial charge on any atom is -0.0958 e. The third kappa shape index (κ3) is 3.97. The standard InChI is InChI=1S/C12H18/c1-6-8-12(10(3)4)9-11(5)7-2/h6,8-9H,3,5,7H2,1-2,4H3. The van der Waals surface area contributed by atoms with Crippen LogP contribution in [0.1, 0.15) is 27.2 Å². The molecule has 0 N–H and O–H groups in total. The molecule has 0 aliphatic rings. The Morgan fingerprint density at radius 3 is 2.25 bits per heavy atom. The molecule has 0 saturated carbocycles. The van der Waals surface area contributed by atoms with Crippen molar-refractivity contribution < 1.29 is 0 Å². The van der Waals surface area contributed by atoms with Gasteiger partial charge in [-0.05, 0) is 25.8 Å². The molecule has 0 unspecified atom stereocenters. The van der Waals surface area contributed by atoms with Gasteiger partial charge in [-0.3, -0.25) is 0 Å². The van der Waals surface area contributed by atoms with Crippen molar-refractivity contribution in [2.45, 2.75) is 27.2 Å². The summed E-state index contributed by atoms with van der Waals surface area (Å²) in [5.74, 6) is 0. The fraction of sp³-hybridized carbons (Fsp3) is 0.333. The Hall–Kier alpha value is -1.04. The quantitative estimate of drug-likeness (QED) is 0.547. The van der Waals surface area contributed by atoms with Gasteiger partial charge in [-0.15, -0.1) is 0 Å². The van der Waals surface area contributed by atoms with Crippen molar-refractivity contribution in [2.24, 2.45) is 0 Å². The van der Waals surface area contributed by atoms with Gasteiger partial charge in [-0.2, -0.15) is 0 Å². The summed E-state index contributed by atoms with van der Waals surface area (Å²) in [6.07, 6.45) is 7.16. The van der Waals surface area contributed by atoms with E-state index in [4.69, 9.17) is 0 Å². The Kier molecular flexibility index (Phi) is 5.11. The number of rotatable bonds is 4. The summed E-state index contributed by atoms with van der Waals surface area (Å²) in [7, 11) is 0. The SMILES string of the molecule is C=C(C=C(C=CC)C(=C)C)CC. The summed E-state index contributed by atoms with van der Waals surface area (Å²) in [5.41, 5.74) is 3.40. The van der Waals surface area contributed by atoms with E-state index in [2.05, 4.69) is 32.2 Å². The summed E-state index contributed by atoms with van der Waals surface area (Å²) in [6.45, 7) is 13.9. The fourth-order valence-corrected chi connectivity index (χ4v) is 0.815. The van der Waals surface area contributed by atoms with Gasteiger partial charge in [0.1, 0.15) is 0 Å². The van der Waals surface area contributed by atoms with E-state index in [0.29, 0.717) is 0 Å². The Balaban J connectivity index is 4.61. The third-order valence-electron chi connectivity index (χ3n) is 1.65. The highest BCUT2D eigenvalue weighted by Gasteiger charge is 1.92. The molecule has 0 rings (SSSR count). The van der Waals surface area contributed by atoms with Crippen molar-refractivity contribution in [3.63, 3.8) is 0 Å². The molecular formula is C12H18. The molecular weight excluding hydrogens is 144 g/mol. The molecule has 0 nitrogen and oxygen atoms in total. The second-order valence-electron chi connectivity index (χ2n) is 2.89. The number of hydrogen-bond acceptors (Lipinski definition) is 0. The van der Waals surface area contributed by atoms with Gasteiger partial charge >= 0.3 is 0 Å². The zero-order valence-electron chi connectivity index (χ0n) is 8.35. The van der Waals surface area contributed by atoms with Crippen molar-refractivity contribution in [1.29, 1.82) is 0 Å². The van der Waals surface area contributed by atoms with Crippen molar-refractivity contribution in [3.05, 3.63) is 48.1 Å². The Labute approximate surface area is 76.0 Å². The van der Waals surface area contributed by atoms with Crippen LogP contribution in [0.5, 0.6) is 0 Å². The molecule has 0 heterocycles. The maximum Gasteiger partial charge on any atom is -0.0234 e. The highest BCUT2D eigenvalue weighted by Crippen LogP contribution is 2.12. The minimum atomic E-state index is 0.994. The Bertz CT molecular complexity index is 226. The monoisotopic (exact) mass is 162 g/mol. The first-order valence-corrected chi connectivity index (χ1v) is 4.29. The summed E-state index contributed by atoms with van der Waals surface area (Å²) >= 11 is 0. The lowest BCUT2D eigenvalue weighted by Crippen LogP contribution is -1.81. The molecule has 0 bridgehead atoms. The molecule has 0 atom stereocenters. The number of allylic oxidation sites excluding steroid dienone is 6. The van der Waals surface area contributed by atoms with E-state index in [1.165, 1.54) is 5.57 Å². The van der Waals surface area contributed by atoms with E-state index in [9.17, 15) is 0 Å². The van der Waals surface area contributed by atoms with Gasteiger partial charge in [0, 0.05) is 0 Å². The first-order chi connectivity index (χ1) is 5.61. The zero-order chi connectivity index (χ0) is 9.56. The summed E-state index contributed by atoms with van der Waals surface area (Å²) < 4.78 is 0. The molecule has 0 amide bonds. The maximum atomic E-state index is 3.93. The van der Waals surface area contributed by atoms with E-state index >= 15 is 0 Å². The highest BCUT2D eigenvalue weighted by atomic mass is 14.0. The topological polar surface area (TPSA) is 0 Å². The van der Waals surface area contributed by atoms with Crippen LogP contribution in [-0.2, 0) is 0 Å². The molecule has 0 radical (unpaired) electrons. The molecule has 0 fully saturated rings. The van der Waals surface area contributed by atoms with E-state index < -0.39 is 0 Å². The van der Waals surface area contributed by atoms with Gasteiger partial charge in [-0.1, -0.05) is 49.5 Å². The van der Waals surface area contributed by atoms with Crippen LogP contribution in [0.4, 0.5) is 0 Å². The number of hydrogen-bond donors (Lipinski definition) is 0. The van der Waals surface area contributed by atoms with Gasteiger partial charge in [0.15, 0.2) is 0 Å². The van der Waals surface area contributed by atoms with Crippen LogP contribution in [-0.4, -0.2) is 0 Å². The van der Waals surface area contributed by atoms with Crippen molar-refractivity contribution in [1.82, 2.24) is 0 Å². The normalized spacial score (nSPS) is 12.1. The average Bonchev–Trinajstić information content (AvgIpc) is 2.03. The van der Waals surface area contributed by atoms with E-state index in [0.717, 1.165) is 17.6 Å². The van der Waals surface area contributed by atoms with Crippen molar-refractivity contribution in [2.75, 3.05) is 0 Å². The van der Waals surface area contributed by atoms with Gasteiger partial charge in [-0.25, -0.2) is 0 Å². The van der Waals surface area contributed by atoms with Crippen LogP contribution >= 0.6 is 0 Å². The van der Waals surface area contributed by atoms with Crippen LogP contribution in [0.2, 0.25) is 0 Å². The van der Waals surface area contributed by atoms with E-state index in [1.54, 1.807) is 0 Å². The van der Waals surface area contributed by atoms with Crippen LogP contribution in [0.15, 0.2) is 48.1 Å². The second kappa shape index (κ2) is 5.59. The molecule has 0 heteroatoms. The zero-order valence-corrected chi connectivity index (χ0v) is 8.35. The lowest BCUT2D eigenvalue weighted by atomic mass is 10.0. The first-order valence-electron chi connectivity index (χ1n) is 4.29. The van der Waals surface area contributed by atoms with E-state index in [1.807, 2.05) is 19.9 Å². The van der Waals surface area contributed by atoms with Crippen molar-refractivity contribution in [3.8, 4) is 0 Å². The third-order valence-corrected chi connectivity index (χ3v) is 1.65. The van der Waals surface area contributed by atoms with Crippen LogP contribution < -0.4 is 0 Å². The smallest absolute Gasteiger partial charge is 0.0234 e. The fourth-order valence-electron chi connectivity index (χ4n) is 0.815. The Morgan fingerprint density at radius 2 is 1.92 bits per heavy atom. The van der Waals surface area contributed by atoms with Gasteiger partial charge in [0.25, 0.3) is 0 Å². The lowest BCUT2D eigenvalue weighted by molar-refractivity contribution is 1.15. The summed E-state index contributed by atoms with van der Waals surface area (Å²) in [6, 6.07) is 0. The van der Waals surface area contributed by atoms with Gasteiger partial charge < -0.3 is 0 Å². The molecule has 0 spiro atoms. The minimum absolute atomic E-state index is 0.994. The molecule has 66 valence electrons. The highest BCUT2D eigenvalue weighted by molar-refractivity contribution is 5.41. The predicted octanol–water partition coefficient (Wildman–Crippen LogP) is 4.03. The first kappa shape index (κ1) is 11.0. The molecule has 0 aromatic rings. The largest absolute Gasteiger partial charge is 0.0958 e. The maximum absolute atomic E-state index is 3.93. The lowest BCUT2D eigenvalue weighted by Gasteiger charge is -2.01. The molecule has 0 aliphatic carbocycles. The molecule has 0 aliphatic heterocycles. The second-order valence-corrected chi connectivity index (χ2v) is 2.89. The van der Waals surface area contributed by atoms with Crippen LogP contribution in [0.25, 0.3) is 0 Å². The molecule has 0 aromatic carbocycles. The van der Waals surface area contributed by atoms with E-state index in [-0.39, 0.29) is 0 Å². The summed E-state index contributed by atoms with van der Waals surface area (Å²) in [5, 5.41) is 0. The van der Waals surface area contributed by atoms with Crippen LogP contribution in [0, 0.1) is 0 Å². The predicted molar refractivity (Wildman–Crippen MR) is 57.1 cm³/mol. The molecule has 0 aromatic heterocycles. The van der Waals surface area contributed by atoms with Crippen LogP contribution in [0.3, 0.4) is 0 Å². The van der Waals surface area contributed by atoms with Crippen molar-refractivity contribution >= 4 is 0 Å². The van der Waals surface area contributed by atoms with Gasteiger partial charge in [0.05, 0.1) is 0 Å². The Morgan fingerprint density at radius 1 is 1.33 bits per heavy atom. The summed E-state index contributed by atoms with van der Waals surface area (Å²) in [4.78, 5) is 0.